The van der Waals surface area contributed by atoms with Crippen LogP contribution in [0.15, 0.2) is 18.2 Å². The molecule has 0 saturated heterocycles. The van der Waals surface area contributed by atoms with E-state index in [1.54, 1.807) is 0 Å². The first-order valence-electron chi connectivity index (χ1n) is 8.17. The number of aliphatic hydroxyl groups excluding tert-OH is 1. The first kappa shape index (κ1) is 18.0. The van der Waals surface area contributed by atoms with Gasteiger partial charge in [0.05, 0.1) is 6.61 Å². The maximum Gasteiger partial charge on any atom is 0.123 e. The molecule has 0 aliphatic heterocycles. The molecule has 2 N–H and O–H groups in total. The van der Waals surface area contributed by atoms with Gasteiger partial charge in [-0.05, 0) is 44.7 Å². The van der Waals surface area contributed by atoms with Crippen LogP contribution in [0.2, 0.25) is 0 Å². The number of benzene rings is 1. The van der Waals surface area contributed by atoms with Crippen LogP contribution in [0.1, 0.15) is 50.7 Å². The molecule has 0 aromatic heterocycles. The Morgan fingerprint density at radius 2 is 1.90 bits per heavy atom. The zero-order chi connectivity index (χ0) is 15.5. The molecule has 0 radical (unpaired) electrons. The lowest BCUT2D eigenvalue weighted by Crippen LogP contribution is -2.19. The molecule has 0 fully saturated rings. The lowest BCUT2D eigenvalue weighted by atomic mass is 10.1. The van der Waals surface area contributed by atoms with Gasteiger partial charge in [-0.25, -0.2) is 0 Å². The van der Waals surface area contributed by atoms with Crippen LogP contribution >= 0.6 is 0 Å². The first-order chi connectivity index (χ1) is 10.1. The fraction of sp³-hybridized carbons (Fsp3) is 0.667. The molecule has 120 valence electrons. The molecular formula is C18H31NO2. The fourth-order valence-electron chi connectivity index (χ4n) is 2.23. The third-order valence-corrected chi connectivity index (χ3v) is 3.39. The topological polar surface area (TPSA) is 41.5 Å². The van der Waals surface area contributed by atoms with Crippen LogP contribution in [0.25, 0.3) is 0 Å². The van der Waals surface area contributed by atoms with E-state index >= 15 is 0 Å². The van der Waals surface area contributed by atoms with Gasteiger partial charge in [0.1, 0.15) is 5.75 Å². The van der Waals surface area contributed by atoms with Crippen molar-refractivity contribution in [2.75, 3.05) is 19.8 Å². The highest BCUT2D eigenvalue weighted by molar-refractivity contribution is 5.36. The lowest BCUT2D eigenvalue weighted by molar-refractivity contribution is 0.272. The average molecular weight is 293 g/mol. The third kappa shape index (κ3) is 8.08. The van der Waals surface area contributed by atoms with Gasteiger partial charge in [0.25, 0.3) is 0 Å². The molecule has 0 amide bonds. The molecule has 0 aliphatic rings. The van der Waals surface area contributed by atoms with Crippen LogP contribution in [0.3, 0.4) is 0 Å². The number of rotatable bonds is 11. The molecule has 0 heterocycles. The van der Waals surface area contributed by atoms with Gasteiger partial charge in [0.15, 0.2) is 0 Å². The van der Waals surface area contributed by atoms with Gasteiger partial charge in [-0.15, -0.1) is 0 Å². The highest BCUT2D eigenvalue weighted by atomic mass is 16.5. The summed E-state index contributed by atoms with van der Waals surface area (Å²) in [6.45, 7) is 9.48. The second-order valence-electron chi connectivity index (χ2n) is 6.12. The number of hydrogen-bond acceptors (Lipinski definition) is 3. The van der Waals surface area contributed by atoms with Gasteiger partial charge in [0, 0.05) is 18.7 Å². The lowest BCUT2D eigenvalue weighted by Gasteiger charge is -2.14. The predicted molar refractivity (Wildman–Crippen MR) is 88.8 cm³/mol. The standard InChI is InChI=1S/C18H31NO2/c1-15(2)13-19-14-17-12-16(3)8-9-18(17)21-11-7-5-4-6-10-20/h8-9,12,15,19-20H,4-7,10-11,13-14H2,1-3H3. The van der Waals surface area contributed by atoms with E-state index in [1.165, 1.54) is 11.1 Å². The quantitative estimate of drug-likeness (QED) is 0.612. The van der Waals surface area contributed by atoms with Crippen LogP contribution in [0, 0.1) is 12.8 Å². The molecule has 0 saturated carbocycles. The van der Waals surface area contributed by atoms with E-state index in [-0.39, 0.29) is 0 Å². The average Bonchev–Trinajstić information content (AvgIpc) is 2.44. The fourth-order valence-corrected chi connectivity index (χ4v) is 2.23. The van der Waals surface area contributed by atoms with E-state index in [9.17, 15) is 0 Å². The largest absolute Gasteiger partial charge is 0.493 e. The minimum atomic E-state index is 0.296. The smallest absolute Gasteiger partial charge is 0.123 e. The number of aryl methyl sites for hydroxylation is 1. The maximum absolute atomic E-state index is 8.75. The Bertz CT molecular complexity index is 391. The first-order valence-corrected chi connectivity index (χ1v) is 8.17. The molecule has 0 bridgehead atoms. The van der Waals surface area contributed by atoms with Gasteiger partial charge in [-0.3, -0.25) is 0 Å². The summed E-state index contributed by atoms with van der Waals surface area (Å²) in [4.78, 5) is 0. The van der Waals surface area contributed by atoms with Gasteiger partial charge in [-0.1, -0.05) is 38.0 Å². The Kier molecular flexibility index (Phi) is 9.11. The van der Waals surface area contributed by atoms with Crippen LogP contribution in [0.4, 0.5) is 0 Å². The summed E-state index contributed by atoms with van der Waals surface area (Å²) in [5.41, 5.74) is 2.51. The predicted octanol–water partition coefficient (Wildman–Crippen LogP) is 3.67. The van der Waals surface area contributed by atoms with Crippen LogP contribution in [-0.2, 0) is 6.54 Å². The van der Waals surface area contributed by atoms with Gasteiger partial charge in [0.2, 0.25) is 0 Å². The third-order valence-electron chi connectivity index (χ3n) is 3.39. The minimum Gasteiger partial charge on any atom is -0.493 e. The summed E-state index contributed by atoms with van der Waals surface area (Å²) in [6, 6.07) is 6.39. The van der Waals surface area contributed by atoms with Crippen LogP contribution in [-0.4, -0.2) is 24.9 Å². The van der Waals surface area contributed by atoms with Crippen molar-refractivity contribution in [3.63, 3.8) is 0 Å². The molecule has 3 nitrogen and oxygen atoms in total. The molecule has 0 spiro atoms. The second-order valence-corrected chi connectivity index (χ2v) is 6.12. The van der Waals surface area contributed by atoms with E-state index in [4.69, 9.17) is 9.84 Å². The van der Waals surface area contributed by atoms with Crippen molar-refractivity contribution in [3.8, 4) is 5.75 Å². The molecule has 1 aromatic carbocycles. The monoisotopic (exact) mass is 293 g/mol. The number of hydrogen-bond donors (Lipinski definition) is 2. The highest BCUT2D eigenvalue weighted by Gasteiger charge is 2.04. The van der Waals surface area contributed by atoms with E-state index in [1.807, 2.05) is 0 Å². The number of nitrogens with one attached hydrogen (secondary N) is 1. The zero-order valence-electron chi connectivity index (χ0n) is 13.8. The Labute approximate surface area is 129 Å². The summed E-state index contributed by atoms with van der Waals surface area (Å²) in [5, 5.41) is 12.2. The van der Waals surface area contributed by atoms with E-state index < -0.39 is 0 Å². The summed E-state index contributed by atoms with van der Waals surface area (Å²) in [6.07, 6.45) is 4.14. The van der Waals surface area contributed by atoms with Crippen molar-refractivity contribution >= 4 is 0 Å². The Balaban J connectivity index is 2.40. The van der Waals surface area contributed by atoms with E-state index in [0.29, 0.717) is 12.5 Å². The van der Waals surface area contributed by atoms with Gasteiger partial charge in [-0.2, -0.15) is 0 Å². The van der Waals surface area contributed by atoms with Crippen molar-refractivity contribution < 1.29 is 9.84 Å². The van der Waals surface area contributed by atoms with E-state index in [0.717, 1.165) is 51.1 Å². The summed E-state index contributed by atoms with van der Waals surface area (Å²) in [7, 11) is 0. The van der Waals surface area contributed by atoms with Crippen molar-refractivity contribution in [2.45, 2.75) is 53.0 Å². The maximum atomic E-state index is 8.75. The van der Waals surface area contributed by atoms with Crippen molar-refractivity contribution in [1.82, 2.24) is 5.32 Å². The van der Waals surface area contributed by atoms with Gasteiger partial charge >= 0.3 is 0 Å². The number of aliphatic hydroxyl groups is 1. The Morgan fingerprint density at radius 1 is 1.14 bits per heavy atom. The molecule has 1 rings (SSSR count). The van der Waals surface area contributed by atoms with Crippen LogP contribution in [0.5, 0.6) is 5.75 Å². The SMILES string of the molecule is Cc1ccc(OCCCCCCO)c(CNCC(C)C)c1. The van der Waals surface area contributed by atoms with E-state index in [2.05, 4.69) is 44.3 Å². The molecule has 21 heavy (non-hydrogen) atoms. The Hall–Kier alpha value is -1.06. The molecular weight excluding hydrogens is 262 g/mol. The van der Waals surface area contributed by atoms with Crippen molar-refractivity contribution in [3.05, 3.63) is 29.3 Å². The molecule has 1 aromatic rings. The minimum absolute atomic E-state index is 0.296. The molecule has 0 unspecified atom stereocenters. The van der Waals surface area contributed by atoms with Crippen LogP contribution < -0.4 is 10.1 Å². The highest BCUT2D eigenvalue weighted by Crippen LogP contribution is 2.20. The summed E-state index contributed by atoms with van der Waals surface area (Å²) < 4.78 is 5.93. The second kappa shape index (κ2) is 10.6. The Morgan fingerprint density at radius 3 is 2.62 bits per heavy atom. The number of unbranched alkanes of at least 4 members (excludes halogenated alkanes) is 3. The molecule has 0 atom stereocenters. The van der Waals surface area contributed by atoms with Crippen molar-refractivity contribution in [2.24, 2.45) is 5.92 Å². The molecule has 3 heteroatoms. The molecule has 0 aliphatic carbocycles. The summed E-state index contributed by atoms with van der Waals surface area (Å²) >= 11 is 0. The zero-order valence-corrected chi connectivity index (χ0v) is 13.8. The number of ether oxygens (including phenoxy) is 1. The van der Waals surface area contributed by atoms with Crippen molar-refractivity contribution in [1.29, 1.82) is 0 Å². The normalized spacial score (nSPS) is 11.1. The van der Waals surface area contributed by atoms with Gasteiger partial charge < -0.3 is 15.2 Å². The summed E-state index contributed by atoms with van der Waals surface area (Å²) in [5.74, 6) is 1.66.